The van der Waals surface area contributed by atoms with Gasteiger partial charge in [-0.2, -0.15) is 0 Å². The molecule has 2 fully saturated rings. The number of rotatable bonds is 1. The predicted molar refractivity (Wildman–Crippen MR) is 51.0 cm³/mol. The fraction of sp³-hybridized carbons (Fsp3) is 1.00. The molecule has 1 unspecified atom stereocenters. The third-order valence-corrected chi connectivity index (χ3v) is 3.59. The highest BCUT2D eigenvalue weighted by atomic mass is 15.1. The third kappa shape index (κ3) is 1.64. The van der Waals surface area contributed by atoms with E-state index in [9.17, 15) is 0 Å². The Balaban J connectivity index is 1.90. The van der Waals surface area contributed by atoms with Crippen molar-refractivity contribution in [2.24, 2.45) is 11.7 Å². The van der Waals surface area contributed by atoms with E-state index in [1.807, 2.05) is 0 Å². The first-order chi connectivity index (χ1) is 5.71. The van der Waals surface area contributed by atoms with E-state index in [0.29, 0.717) is 0 Å². The molecular weight excluding hydrogens is 148 g/mol. The van der Waals surface area contributed by atoms with Crippen LogP contribution in [0.4, 0.5) is 0 Å². The van der Waals surface area contributed by atoms with Gasteiger partial charge in [0.25, 0.3) is 0 Å². The molecule has 0 aromatic heterocycles. The lowest BCUT2D eigenvalue weighted by Crippen LogP contribution is -2.33. The number of hydrogen-bond donors (Lipinski definition) is 1. The molecule has 1 aliphatic carbocycles. The molecule has 1 saturated heterocycles. The van der Waals surface area contributed by atoms with Crippen LogP contribution in [0.2, 0.25) is 0 Å². The van der Waals surface area contributed by atoms with Crippen molar-refractivity contribution in [3.63, 3.8) is 0 Å². The molecule has 2 N–H and O–H groups in total. The second-order valence-electron chi connectivity index (χ2n) is 4.66. The molecule has 1 aliphatic heterocycles. The molecule has 12 heavy (non-hydrogen) atoms. The molecule has 2 nitrogen and oxygen atoms in total. The minimum Gasteiger partial charge on any atom is -0.325 e. The van der Waals surface area contributed by atoms with Crippen molar-refractivity contribution < 1.29 is 0 Å². The first-order valence-corrected chi connectivity index (χ1v) is 5.18. The summed E-state index contributed by atoms with van der Waals surface area (Å²) in [4.78, 5) is 2.44. The molecule has 0 radical (unpaired) electrons. The zero-order chi connectivity index (χ0) is 8.60. The summed E-state index contributed by atoms with van der Waals surface area (Å²) in [6, 6.07) is 0. The Morgan fingerprint density at radius 1 is 1.25 bits per heavy atom. The average molecular weight is 168 g/mol. The molecule has 0 bridgehead atoms. The van der Waals surface area contributed by atoms with E-state index in [1.54, 1.807) is 0 Å². The Hall–Kier alpha value is -0.0800. The van der Waals surface area contributed by atoms with Crippen molar-refractivity contribution in [2.45, 2.75) is 37.6 Å². The van der Waals surface area contributed by atoms with E-state index in [0.717, 1.165) is 5.92 Å². The zero-order valence-corrected chi connectivity index (χ0v) is 8.05. The molecule has 1 heterocycles. The maximum Gasteiger partial charge on any atom is 0.0184 e. The van der Waals surface area contributed by atoms with Crippen molar-refractivity contribution in [3.05, 3.63) is 0 Å². The van der Waals surface area contributed by atoms with Crippen molar-refractivity contribution in [2.75, 3.05) is 20.1 Å². The molecule has 70 valence electrons. The first-order valence-electron chi connectivity index (χ1n) is 5.18. The second-order valence-corrected chi connectivity index (χ2v) is 4.66. The molecule has 2 aliphatic rings. The Morgan fingerprint density at radius 3 is 2.67 bits per heavy atom. The highest BCUT2D eigenvalue weighted by Crippen LogP contribution is 2.43. The van der Waals surface area contributed by atoms with Crippen LogP contribution < -0.4 is 5.73 Å². The van der Waals surface area contributed by atoms with Crippen molar-refractivity contribution in [3.8, 4) is 0 Å². The topological polar surface area (TPSA) is 29.3 Å². The predicted octanol–water partition coefficient (Wildman–Crippen LogP) is 1.21. The largest absolute Gasteiger partial charge is 0.325 e. The number of nitrogens with two attached hydrogens (primary N) is 1. The fourth-order valence-electron chi connectivity index (χ4n) is 2.37. The summed E-state index contributed by atoms with van der Waals surface area (Å²) in [5.74, 6) is 0.822. The van der Waals surface area contributed by atoms with Gasteiger partial charge in [-0.05, 0) is 58.2 Å². The summed E-state index contributed by atoms with van der Waals surface area (Å²) in [6.07, 6.45) is 6.59. The van der Waals surface area contributed by atoms with E-state index in [-0.39, 0.29) is 5.54 Å². The lowest BCUT2D eigenvalue weighted by molar-refractivity contribution is 0.323. The highest BCUT2D eigenvalue weighted by Gasteiger charge is 2.45. The summed E-state index contributed by atoms with van der Waals surface area (Å²) < 4.78 is 0. The number of nitrogens with zero attached hydrogens (tertiary/aromatic N) is 1. The Kier molecular flexibility index (Phi) is 2.13. The van der Waals surface area contributed by atoms with Crippen LogP contribution in [0.5, 0.6) is 0 Å². The van der Waals surface area contributed by atoms with Crippen LogP contribution in [-0.4, -0.2) is 30.6 Å². The molecule has 0 spiro atoms. The number of hydrogen-bond acceptors (Lipinski definition) is 2. The Labute approximate surface area is 75.1 Å². The van der Waals surface area contributed by atoms with Gasteiger partial charge in [0.1, 0.15) is 0 Å². The van der Waals surface area contributed by atoms with Crippen LogP contribution in [-0.2, 0) is 0 Å². The van der Waals surface area contributed by atoms with Crippen LogP contribution in [0.15, 0.2) is 0 Å². The second kappa shape index (κ2) is 3.00. The monoisotopic (exact) mass is 168 g/mol. The van der Waals surface area contributed by atoms with Crippen LogP contribution in [0.25, 0.3) is 0 Å². The lowest BCUT2D eigenvalue weighted by Gasteiger charge is -2.21. The van der Waals surface area contributed by atoms with Gasteiger partial charge in [0.2, 0.25) is 0 Å². The van der Waals surface area contributed by atoms with Crippen LogP contribution in [0.1, 0.15) is 32.1 Å². The van der Waals surface area contributed by atoms with E-state index in [2.05, 4.69) is 11.9 Å². The van der Waals surface area contributed by atoms with Crippen LogP contribution >= 0.6 is 0 Å². The van der Waals surface area contributed by atoms with Crippen molar-refractivity contribution >= 4 is 0 Å². The maximum atomic E-state index is 6.22. The van der Waals surface area contributed by atoms with Gasteiger partial charge in [-0.1, -0.05) is 0 Å². The smallest absolute Gasteiger partial charge is 0.0184 e. The maximum absolute atomic E-state index is 6.22. The number of likely N-dealkylation sites (tertiary alicyclic amines) is 1. The van der Waals surface area contributed by atoms with Crippen molar-refractivity contribution in [1.29, 1.82) is 0 Å². The summed E-state index contributed by atoms with van der Waals surface area (Å²) >= 11 is 0. The molecule has 1 atom stereocenters. The highest BCUT2D eigenvalue weighted by molar-refractivity contribution is 5.04. The van der Waals surface area contributed by atoms with E-state index in [4.69, 9.17) is 5.73 Å². The summed E-state index contributed by atoms with van der Waals surface area (Å²) in [5, 5.41) is 0. The van der Waals surface area contributed by atoms with Crippen LogP contribution in [0, 0.1) is 5.92 Å². The Morgan fingerprint density at radius 2 is 2.00 bits per heavy atom. The molecule has 2 heteroatoms. The minimum absolute atomic E-state index is 0.269. The summed E-state index contributed by atoms with van der Waals surface area (Å²) in [7, 11) is 2.22. The van der Waals surface area contributed by atoms with E-state index in [1.165, 1.54) is 45.2 Å². The normalized spacial score (nSPS) is 36.0. The minimum atomic E-state index is 0.269. The van der Waals surface area contributed by atoms with E-state index >= 15 is 0 Å². The van der Waals surface area contributed by atoms with Crippen molar-refractivity contribution in [1.82, 2.24) is 4.90 Å². The molecule has 0 aromatic rings. The van der Waals surface area contributed by atoms with Gasteiger partial charge in [-0.15, -0.1) is 0 Å². The van der Waals surface area contributed by atoms with Gasteiger partial charge in [0.05, 0.1) is 0 Å². The average Bonchev–Trinajstić information content (AvgIpc) is 2.77. The van der Waals surface area contributed by atoms with Gasteiger partial charge in [0.15, 0.2) is 0 Å². The van der Waals surface area contributed by atoms with Gasteiger partial charge in [-0.3, -0.25) is 0 Å². The van der Waals surface area contributed by atoms with Gasteiger partial charge in [0, 0.05) is 5.54 Å². The van der Waals surface area contributed by atoms with Crippen LogP contribution in [0.3, 0.4) is 0 Å². The van der Waals surface area contributed by atoms with Gasteiger partial charge in [-0.25, -0.2) is 0 Å². The fourth-order valence-corrected chi connectivity index (χ4v) is 2.37. The quantitative estimate of drug-likeness (QED) is 0.637. The molecule has 1 saturated carbocycles. The van der Waals surface area contributed by atoms with Gasteiger partial charge >= 0.3 is 0 Å². The SMILES string of the molecule is CN1CCCC(C2(N)CC2)CC1. The first kappa shape index (κ1) is 8.52. The Bertz CT molecular complexity index is 163. The van der Waals surface area contributed by atoms with E-state index < -0.39 is 0 Å². The third-order valence-electron chi connectivity index (χ3n) is 3.59. The zero-order valence-electron chi connectivity index (χ0n) is 8.05. The molecule has 0 aromatic carbocycles. The molecule has 2 rings (SSSR count). The molecular formula is C10H20N2. The summed E-state index contributed by atoms with van der Waals surface area (Å²) in [6.45, 7) is 2.52. The molecule has 0 amide bonds. The van der Waals surface area contributed by atoms with Gasteiger partial charge < -0.3 is 10.6 Å². The standard InChI is InChI=1S/C10H20N2/c1-12-7-2-3-9(4-8-12)10(11)5-6-10/h9H,2-8,11H2,1H3. The summed E-state index contributed by atoms with van der Waals surface area (Å²) in [5.41, 5.74) is 6.49. The lowest BCUT2D eigenvalue weighted by atomic mass is 9.91.